The molecule has 3 N–H and O–H groups in total. The van der Waals surface area contributed by atoms with Gasteiger partial charge in [0.1, 0.15) is 0 Å². The number of hydrogen-bond donors (Lipinski definition) is 3. The summed E-state index contributed by atoms with van der Waals surface area (Å²) in [4.78, 5) is 0. The van der Waals surface area contributed by atoms with Crippen molar-refractivity contribution in [3.05, 3.63) is 0 Å². The second-order valence-electron chi connectivity index (χ2n) is 4.56. The van der Waals surface area contributed by atoms with Gasteiger partial charge in [-0.3, -0.25) is 0 Å². The first-order valence-electron chi connectivity index (χ1n) is 6.03. The van der Waals surface area contributed by atoms with E-state index in [1.165, 1.54) is 0 Å². The second kappa shape index (κ2) is 8.93. The average Bonchev–Trinajstić information content (AvgIpc) is 2.25. The zero-order valence-electron chi connectivity index (χ0n) is 10.5. The first-order chi connectivity index (χ1) is 7.58. The van der Waals surface area contributed by atoms with Crippen LogP contribution in [0.2, 0.25) is 0 Å². The highest BCUT2D eigenvalue weighted by atomic mass is 16.5. The maximum atomic E-state index is 9.82. The first kappa shape index (κ1) is 15.8. The molecule has 4 heteroatoms. The van der Waals surface area contributed by atoms with E-state index in [2.05, 4.69) is 0 Å². The SMILES string of the molecule is COC(C)(CCO)CC(O)CCCCCO. The molecule has 0 aliphatic carbocycles. The van der Waals surface area contributed by atoms with Crippen LogP contribution in [0.4, 0.5) is 0 Å². The topological polar surface area (TPSA) is 69.9 Å². The highest BCUT2D eigenvalue weighted by molar-refractivity contribution is 4.78. The van der Waals surface area contributed by atoms with E-state index in [1.807, 2.05) is 6.92 Å². The van der Waals surface area contributed by atoms with E-state index in [9.17, 15) is 5.11 Å². The van der Waals surface area contributed by atoms with Crippen LogP contribution in [-0.2, 0) is 4.74 Å². The minimum Gasteiger partial charge on any atom is -0.396 e. The molecule has 0 amide bonds. The van der Waals surface area contributed by atoms with Gasteiger partial charge in [-0.2, -0.15) is 0 Å². The molecule has 4 nitrogen and oxygen atoms in total. The van der Waals surface area contributed by atoms with Crippen LogP contribution in [0.25, 0.3) is 0 Å². The third-order valence-corrected chi connectivity index (χ3v) is 3.00. The Labute approximate surface area is 98.2 Å². The van der Waals surface area contributed by atoms with E-state index in [0.29, 0.717) is 12.8 Å². The fourth-order valence-electron chi connectivity index (χ4n) is 1.79. The van der Waals surface area contributed by atoms with Crippen molar-refractivity contribution in [3.63, 3.8) is 0 Å². The third-order valence-electron chi connectivity index (χ3n) is 3.00. The summed E-state index contributed by atoms with van der Waals surface area (Å²) < 4.78 is 5.32. The summed E-state index contributed by atoms with van der Waals surface area (Å²) in [5.74, 6) is 0. The molecule has 0 fully saturated rings. The van der Waals surface area contributed by atoms with Crippen molar-refractivity contribution in [1.82, 2.24) is 0 Å². The van der Waals surface area contributed by atoms with Gasteiger partial charge in [0, 0.05) is 26.7 Å². The van der Waals surface area contributed by atoms with Crippen LogP contribution in [0.3, 0.4) is 0 Å². The van der Waals surface area contributed by atoms with Crippen molar-refractivity contribution in [3.8, 4) is 0 Å². The molecule has 0 aromatic carbocycles. The Balaban J connectivity index is 3.77. The van der Waals surface area contributed by atoms with Gasteiger partial charge in [0.2, 0.25) is 0 Å². The summed E-state index contributed by atoms with van der Waals surface area (Å²) in [6, 6.07) is 0. The van der Waals surface area contributed by atoms with Gasteiger partial charge in [-0.05, 0) is 26.2 Å². The molecule has 2 unspecified atom stereocenters. The normalized spacial score (nSPS) is 17.1. The van der Waals surface area contributed by atoms with Crippen molar-refractivity contribution in [2.75, 3.05) is 20.3 Å². The maximum Gasteiger partial charge on any atom is 0.0697 e. The van der Waals surface area contributed by atoms with E-state index in [1.54, 1.807) is 7.11 Å². The van der Waals surface area contributed by atoms with Crippen molar-refractivity contribution in [2.24, 2.45) is 0 Å². The lowest BCUT2D eigenvalue weighted by molar-refractivity contribution is -0.0489. The molecule has 2 atom stereocenters. The molecular weight excluding hydrogens is 208 g/mol. The molecule has 0 saturated heterocycles. The Morgan fingerprint density at radius 3 is 2.31 bits per heavy atom. The number of hydrogen-bond acceptors (Lipinski definition) is 4. The lowest BCUT2D eigenvalue weighted by Crippen LogP contribution is -2.33. The first-order valence-corrected chi connectivity index (χ1v) is 6.03. The number of aliphatic hydroxyl groups excluding tert-OH is 3. The molecule has 0 bridgehead atoms. The molecule has 0 aliphatic rings. The fraction of sp³-hybridized carbons (Fsp3) is 1.00. The monoisotopic (exact) mass is 234 g/mol. The molecule has 0 aliphatic heterocycles. The zero-order valence-corrected chi connectivity index (χ0v) is 10.5. The molecule has 0 aromatic heterocycles. The van der Waals surface area contributed by atoms with Crippen LogP contribution in [-0.4, -0.2) is 47.3 Å². The Morgan fingerprint density at radius 2 is 1.81 bits per heavy atom. The molecule has 0 aromatic rings. The highest BCUT2D eigenvalue weighted by Gasteiger charge is 2.26. The van der Waals surface area contributed by atoms with Crippen molar-refractivity contribution in [1.29, 1.82) is 0 Å². The molecule has 0 saturated carbocycles. The van der Waals surface area contributed by atoms with Crippen LogP contribution in [0, 0.1) is 0 Å². The molecule has 0 spiro atoms. The summed E-state index contributed by atoms with van der Waals surface area (Å²) in [5, 5.41) is 27.3. The minimum absolute atomic E-state index is 0.0710. The number of ether oxygens (including phenoxy) is 1. The predicted molar refractivity (Wildman–Crippen MR) is 63.3 cm³/mol. The number of methoxy groups -OCH3 is 1. The second-order valence-corrected chi connectivity index (χ2v) is 4.56. The smallest absolute Gasteiger partial charge is 0.0697 e. The van der Waals surface area contributed by atoms with Crippen LogP contribution in [0.15, 0.2) is 0 Å². The Bertz CT molecular complexity index is 163. The molecular formula is C12H26O4. The van der Waals surface area contributed by atoms with Gasteiger partial charge in [-0.15, -0.1) is 0 Å². The van der Waals surface area contributed by atoms with Crippen LogP contribution in [0.5, 0.6) is 0 Å². The van der Waals surface area contributed by atoms with Gasteiger partial charge in [-0.1, -0.05) is 12.8 Å². The quantitative estimate of drug-likeness (QED) is 0.495. The Kier molecular flexibility index (Phi) is 8.84. The van der Waals surface area contributed by atoms with E-state index < -0.39 is 11.7 Å². The number of rotatable bonds is 10. The Morgan fingerprint density at radius 1 is 1.12 bits per heavy atom. The molecule has 16 heavy (non-hydrogen) atoms. The lowest BCUT2D eigenvalue weighted by atomic mass is 9.92. The number of unbranched alkanes of at least 4 members (excludes halogenated alkanes) is 2. The average molecular weight is 234 g/mol. The number of aliphatic hydroxyl groups is 3. The van der Waals surface area contributed by atoms with Crippen molar-refractivity contribution in [2.45, 2.75) is 57.2 Å². The van der Waals surface area contributed by atoms with Gasteiger partial charge in [-0.25, -0.2) is 0 Å². The van der Waals surface area contributed by atoms with Crippen LogP contribution in [0.1, 0.15) is 45.4 Å². The fourth-order valence-corrected chi connectivity index (χ4v) is 1.79. The van der Waals surface area contributed by atoms with Crippen molar-refractivity contribution >= 4 is 0 Å². The van der Waals surface area contributed by atoms with E-state index in [4.69, 9.17) is 14.9 Å². The Hall–Kier alpha value is -0.160. The summed E-state index contributed by atoms with van der Waals surface area (Å²) >= 11 is 0. The van der Waals surface area contributed by atoms with Crippen LogP contribution < -0.4 is 0 Å². The van der Waals surface area contributed by atoms with Crippen molar-refractivity contribution < 1.29 is 20.1 Å². The van der Waals surface area contributed by atoms with Crippen LogP contribution >= 0.6 is 0 Å². The molecule has 0 rings (SSSR count). The van der Waals surface area contributed by atoms with E-state index in [-0.39, 0.29) is 13.2 Å². The highest BCUT2D eigenvalue weighted by Crippen LogP contribution is 2.23. The zero-order chi connectivity index (χ0) is 12.4. The van der Waals surface area contributed by atoms with E-state index in [0.717, 1.165) is 25.7 Å². The van der Waals surface area contributed by atoms with E-state index >= 15 is 0 Å². The van der Waals surface area contributed by atoms with Gasteiger partial charge >= 0.3 is 0 Å². The van der Waals surface area contributed by atoms with Gasteiger partial charge in [0.05, 0.1) is 11.7 Å². The molecule has 0 heterocycles. The summed E-state index contributed by atoms with van der Waals surface area (Å²) in [7, 11) is 1.61. The largest absolute Gasteiger partial charge is 0.396 e. The van der Waals surface area contributed by atoms with Gasteiger partial charge < -0.3 is 20.1 Å². The minimum atomic E-state index is -0.439. The summed E-state index contributed by atoms with van der Waals surface area (Å²) in [5.41, 5.74) is -0.439. The third kappa shape index (κ3) is 7.17. The molecule has 0 radical (unpaired) electrons. The standard InChI is InChI=1S/C12H26O4/c1-12(16-2,7-9-14)10-11(15)6-4-3-5-8-13/h11,13-15H,3-10H2,1-2H3. The maximum absolute atomic E-state index is 9.82. The predicted octanol–water partition coefficient (Wildman–Crippen LogP) is 1.08. The lowest BCUT2D eigenvalue weighted by Gasteiger charge is -2.29. The van der Waals surface area contributed by atoms with Gasteiger partial charge in [0.15, 0.2) is 0 Å². The summed E-state index contributed by atoms with van der Waals surface area (Å²) in [6.07, 6.45) is 4.07. The van der Waals surface area contributed by atoms with Gasteiger partial charge in [0.25, 0.3) is 0 Å². The molecule has 98 valence electrons. The summed E-state index contributed by atoms with van der Waals surface area (Å²) in [6.45, 7) is 2.19.